The van der Waals surface area contributed by atoms with Crippen LogP contribution in [0.1, 0.15) is 46.5 Å². The highest BCUT2D eigenvalue weighted by Gasteiger charge is 2.35. The number of carbonyl (C=O) groups is 2. The zero-order valence-electron chi connectivity index (χ0n) is 28.8. The maximum absolute atomic E-state index is 14.6. The number of amides is 2. The smallest absolute Gasteiger partial charge is 0.416 e. The van der Waals surface area contributed by atoms with Gasteiger partial charge in [-0.3, -0.25) is 14.5 Å². The van der Waals surface area contributed by atoms with Crippen molar-refractivity contribution in [2.75, 3.05) is 32.1 Å². The summed E-state index contributed by atoms with van der Waals surface area (Å²) in [5.41, 5.74) is 1.00. The fraction of sp³-hybridized carbons (Fsp3) is 0.333. The van der Waals surface area contributed by atoms with E-state index in [-0.39, 0.29) is 35.1 Å². The summed E-state index contributed by atoms with van der Waals surface area (Å²) < 4.78 is 66.3. The summed E-state index contributed by atoms with van der Waals surface area (Å²) in [5, 5.41) is 12.7. The van der Waals surface area contributed by atoms with Crippen LogP contribution in [-0.4, -0.2) is 65.6 Å². The molecule has 0 aromatic heterocycles. The van der Waals surface area contributed by atoms with Gasteiger partial charge in [0, 0.05) is 25.6 Å². The van der Waals surface area contributed by atoms with Crippen LogP contribution in [-0.2, 0) is 23.9 Å². The van der Waals surface area contributed by atoms with Crippen LogP contribution >= 0.6 is 0 Å². The molecule has 2 N–H and O–H groups in total. The first-order chi connectivity index (χ1) is 24.2. The Labute approximate surface area is 294 Å². The van der Waals surface area contributed by atoms with Gasteiger partial charge in [-0.2, -0.15) is 13.2 Å². The van der Waals surface area contributed by atoms with Gasteiger partial charge in [-0.05, 0) is 80.1 Å². The van der Waals surface area contributed by atoms with E-state index in [2.05, 4.69) is 10.2 Å². The lowest BCUT2D eigenvalue weighted by atomic mass is 9.98. The number of nitrogens with zero attached hydrogens (tertiary/aromatic N) is 2. The first-order valence-electron chi connectivity index (χ1n) is 16.6. The molecule has 2 amide bonds. The van der Waals surface area contributed by atoms with Gasteiger partial charge in [0.1, 0.15) is 23.4 Å². The van der Waals surface area contributed by atoms with Gasteiger partial charge in [-0.25, -0.2) is 4.39 Å². The molecule has 1 aliphatic heterocycles. The lowest BCUT2D eigenvalue weighted by Crippen LogP contribution is -2.49. The minimum Gasteiger partial charge on any atom is -0.486 e. The average Bonchev–Trinajstić information content (AvgIpc) is 3.08. The molecule has 0 spiro atoms. The molecule has 0 saturated heterocycles. The van der Waals surface area contributed by atoms with Crippen molar-refractivity contribution in [3.63, 3.8) is 0 Å². The van der Waals surface area contributed by atoms with Crippen molar-refractivity contribution in [2.24, 2.45) is 5.92 Å². The summed E-state index contributed by atoms with van der Waals surface area (Å²) in [7, 11) is 1.94. The van der Waals surface area contributed by atoms with Crippen molar-refractivity contribution in [1.29, 1.82) is 0 Å². The highest BCUT2D eigenvalue weighted by Crippen LogP contribution is 2.36. The van der Waals surface area contributed by atoms with E-state index in [4.69, 9.17) is 9.47 Å². The van der Waals surface area contributed by atoms with Gasteiger partial charge in [-0.15, -0.1) is 0 Å². The van der Waals surface area contributed by atoms with E-state index < -0.39 is 47.9 Å². The molecule has 4 aromatic carbocycles. The second-order valence-electron chi connectivity index (χ2n) is 13.0. The maximum Gasteiger partial charge on any atom is 0.416 e. The van der Waals surface area contributed by atoms with Crippen LogP contribution < -0.4 is 14.8 Å². The number of aliphatic hydroxyl groups excluding tert-OH is 1. The minimum absolute atomic E-state index is 0.113. The number of aryl methyl sites for hydroxylation is 1. The number of rotatable bonds is 11. The van der Waals surface area contributed by atoms with E-state index in [1.165, 1.54) is 0 Å². The second-order valence-corrected chi connectivity index (χ2v) is 13.0. The van der Waals surface area contributed by atoms with Crippen LogP contribution in [0, 0.1) is 18.7 Å². The molecule has 0 bridgehead atoms. The first-order valence-corrected chi connectivity index (χ1v) is 16.6. The van der Waals surface area contributed by atoms with Gasteiger partial charge in [0.2, 0.25) is 5.91 Å². The highest BCUT2D eigenvalue weighted by atomic mass is 19.4. The van der Waals surface area contributed by atoms with Crippen LogP contribution in [0.4, 0.5) is 23.2 Å². The number of para-hydroxylation sites is 2. The number of alkyl halides is 3. The molecule has 1 heterocycles. The standard InChI is InChI=1S/C39H41F4N3O5/c1-24-8-5-6-11-34(24)50-30-16-12-27(13-17-30)21-45(4)22-35-25(2)20-46(26(3)23-47)38(49)31-9-7-10-33(37(31)51-35)44-36(48)18-28-14-15-29(19-32(28)40)39(41,42)43/h5-17,19,25-26,35,47H,18,20-23H2,1-4H3,(H,44,48)/t25-,26+,35-/m1/s1. The molecule has 4 aromatic rings. The molecule has 51 heavy (non-hydrogen) atoms. The number of aliphatic hydroxyl groups is 1. The third kappa shape index (κ3) is 9.25. The molecular formula is C39H41F4N3O5. The Morgan fingerprint density at radius 2 is 1.80 bits per heavy atom. The summed E-state index contributed by atoms with van der Waals surface area (Å²) in [4.78, 5) is 30.6. The number of halogens is 4. The monoisotopic (exact) mass is 707 g/mol. The minimum atomic E-state index is -4.73. The zero-order valence-corrected chi connectivity index (χ0v) is 28.8. The predicted molar refractivity (Wildman–Crippen MR) is 185 cm³/mol. The second kappa shape index (κ2) is 15.9. The van der Waals surface area contributed by atoms with E-state index in [1.807, 2.05) is 69.4 Å². The normalized spacial score (nSPS) is 16.9. The first kappa shape index (κ1) is 37.3. The number of anilines is 1. The van der Waals surface area contributed by atoms with Crippen LogP contribution in [0.5, 0.6) is 17.2 Å². The van der Waals surface area contributed by atoms with Crippen LogP contribution in [0.15, 0.2) is 84.9 Å². The van der Waals surface area contributed by atoms with Gasteiger partial charge in [0.25, 0.3) is 5.91 Å². The molecule has 0 fully saturated rings. The summed E-state index contributed by atoms with van der Waals surface area (Å²) in [6.45, 7) is 6.69. The Morgan fingerprint density at radius 3 is 2.47 bits per heavy atom. The maximum atomic E-state index is 14.6. The van der Waals surface area contributed by atoms with Gasteiger partial charge in [0.05, 0.1) is 35.9 Å². The van der Waals surface area contributed by atoms with E-state index >= 15 is 0 Å². The average molecular weight is 708 g/mol. The number of ether oxygens (including phenoxy) is 2. The summed E-state index contributed by atoms with van der Waals surface area (Å²) in [5.74, 6) is -0.879. The van der Waals surface area contributed by atoms with Crippen LogP contribution in [0.2, 0.25) is 0 Å². The van der Waals surface area contributed by atoms with Crippen LogP contribution in [0.3, 0.4) is 0 Å². The number of benzene rings is 4. The molecule has 12 heteroatoms. The molecular weight excluding hydrogens is 666 g/mol. The van der Waals surface area contributed by atoms with E-state index in [1.54, 1.807) is 30.0 Å². The number of hydrogen-bond donors (Lipinski definition) is 2. The number of hydrogen-bond acceptors (Lipinski definition) is 6. The third-order valence-corrected chi connectivity index (χ3v) is 8.89. The Hall–Kier alpha value is -4.94. The summed E-state index contributed by atoms with van der Waals surface area (Å²) in [6.07, 6.45) is -5.76. The Balaban J connectivity index is 1.35. The van der Waals surface area contributed by atoms with Crippen molar-refractivity contribution in [3.8, 4) is 17.2 Å². The third-order valence-electron chi connectivity index (χ3n) is 8.89. The molecule has 270 valence electrons. The Kier molecular flexibility index (Phi) is 11.7. The van der Waals surface area contributed by atoms with E-state index in [9.17, 15) is 32.3 Å². The van der Waals surface area contributed by atoms with Crippen molar-refractivity contribution >= 4 is 17.5 Å². The Bertz CT molecular complexity index is 1850. The molecule has 3 atom stereocenters. The summed E-state index contributed by atoms with van der Waals surface area (Å²) in [6, 6.07) is 21.7. The zero-order chi connectivity index (χ0) is 36.9. The number of fused-ring (bicyclic) bond motifs is 1. The molecule has 0 aliphatic carbocycles. The van der Waals surface area contributed by atoms with Gasteiger partial charge < -0.3 is 24.8 Å². The molecule has 0 radical (unpaired) electrons. The van der Waals surface area contributed by atoms with E-state index in [0.29, 0.717) is 31.5 Å². The fourth-order valence-corrected chi connectivity index (χ4v) is 5.94. The van der Waals surface area contributed by atoms with Crippen LogP contribution in [0.25, 0.3) is 0 Å². The number of likely N-dealkylation sites (N-methyl/N-ethyl adjacent to an activating group) is 1. The van der Waals surface area contributed by atoms with E-state index in [0.717, 1.165) is 29.0 Å². The van der Waals surface area contributed by atoms with Crippen molar-refractivity contribution in [2.45, 2.75) is 52.1 Å². The fourth-order valence-electron chi connectivity index (χ4n) is 5.94. The topological polar surface area (TPSA) is 91.3 Å². The lowest BCUT2D eigenvalue weighted by molar-refractivity contribution is -0.137. The number of carbonyl (C=O) groups excluding carboxylic acids is 2. The molecule has 0 saturated carbocycles. The quantitative estimate of drug-likeness (QED) is 0.157. The molecule has 5 rings (SSSR count). The highest BCUT2D eigenvalue weighted by molar-refractivity contribution is 6.02. The molecule has 0 unspecified atom stereocenters. The van der Waals surface area contributed by atoms with Gasteiger partial charge in [0.15, 0.2) is 5.75 Å². The van der Waals surface area contributed by atoms with Crippen molar-refractivity contribution in [1.82, 2.24) is 9.80 Å². The largest absolute Gasteiger partial charge is 0.486 e. The number of nitrogens with one attached hydrogen (secondary N) is 1. The molecule has 1 aliphatic rings. The van der Waals surface area contributed by atoms with Gasteiger partial charge >= 0.3 is 6.18 Å². The van der Waals surface area contributed by atoms with Gasteiger partial charge in [-0.1, -0.05) is 49.4 Å². The van der Waals surface area contributed by atoms with Crippen molar-refractivity contribution < 1.29 is 41.7 Å². The van der Waals surface area contributed by atoms with Crippen molar-refractivity contribution in [3.05, 3.63) is 119 Å². The SMILES string of the molecule is Cc1ccccc1Oc1ccc(CN(C)C[C@H]2Oc3c(NC(=O)Cc4ccc(C(F)(F)F)cc4F)cccc3C(=O)N([C@@H](C)CO)C[C@H]2C)cc1. The Morgan fingerprint density at radius 1 is 1.08 bits per heavy atom. The lowest BCUT2D eigenvalue weighted by Gasteiger charge is -2.38. The molecule has 8 nitrogen and oxygen atoms in total. The summed E-state index contributed by atoms with van der Waals surface area (Å²) >= 11 is 0. The predicted octanol–water partition coefficient (Wildman–Crippen LogP) is 7.48.